The summed E-state index contributed by atoms with van der Waals surface area (Å²) in [6, 6.07) is 5.03. The van der Waals surface area contributed by atoms with E-state index in [9.17, 15) is 14.7 Å². The Morgan fingerprint density at radius 2 is 1.94 bits per heavy atom. The highest BCUT2D eigenvalue weighted by Crippen LogP contribution is 2.22. The van der Waals surface area contributed by atoms with Crippen molar-refractivity contribution in [2.75, 3.05) is 30.8 Å². The van der Waals surface area contributed by atoms with Gasteiger partial charge in [0, 0.05) is 37.9 Å². The average molecular weight is 478 g/mol. The summed E-state index contributed by atoms with van der Waals surface area (Å²) in [7, 11) is 1.73. The molecule has 0 aromatic carbocycles. The number of carbonyl (C=O) groups excluding carboxylic acids is 1. The van der Waals surface area contributed by atoms with E-state index in [2.05, 4.69) is 36.0 Å². The Morgan fingerprint density at radius 1 is 1.14 bits per heavy atom. The van der Waals surface area contributed by atoms with Gasteiger partial charge in [-0.15, -0.1) is 5.10 Å². The summed E-state index contributed by atoms with van der Waals surface area (Å²) in [5, 5.41) is 22.8. The zero-order valence-corrected chi connectivity index (χ0v) is 19.9. The van der Waals surface area contributed by atoms with Crippen molar-refractivity contribution >= 4 is 28.7 Å². The maximum atomic E-state index is 13.1. The number of hydrogen-bond donors (Lipinski definition) is 4. The van der Waals surface area contributed by atoms with Crippen LogP contribution in [0.5, 0.6) is 0 Å². The van der Waals surface area contributed by atoms with E-state index < -0.39 is 5.41 Å². The minimum absolute atomic E-state index is 0.0700. The third-order valence-electron chi connectivity index (χ3n) is 5.35. The number of imidazole rings is 1. The molecule has 0 spiro atoms. The molecule has 0 saturated carbocycles. The number of carbonyl (C=O) groups is 1. The number of amides is 1. The van der Waals surface area contributed by atoms with Crippen LogP contribution in [0.2, 0.25) is 0 Å². The molecule has 0 aliphatic carbocycles. The van der Waals surface area contributed by atoms with Crippen molar-refractivity contribution in [2.45, 2.75) is 20.8 Å². The number of hydrogen-bond acceptors (Lipinski definition) is 9. The van der Waals surface area contributed by atoms with Gasteiger partial charge < -0.3 is 21.1 Å². The molecule has 0 saturated heterocycles. The van der Waals surface area contributed by atoms with Crippen LogP contribution in [0.4, 0.5) is 17.2 Å². The van der Waals surface area contributed by atoms with Crippen LogP contribution in [0.25, 0.3) is 11.5 Å². The van der Waals surface area contributed by atoms with E-state index in [1.165, 1.54) is 21.5 Å². The van der Waals surface area contributed by atoms with Crippen LogP contribution in [-0.2, 0) is 0 Å². The second-order valence-electron chi connectivity index (χ2n) is 8.82. The summed E-state index contributed by atoms with van der Waals surface area (Å²) in [5.74, 6) is 0.336. The number of aliphatic hydroxyl groups is 1. The zero-order chi connectivity index (χ0) is 25.2. The van der Waals surface area contributed by atoms with Crippen molar-refractivity contribution in [3.63, 3.8) is 0 Å². The Hall–Kier alpha value is -4.32. The van der Waals surface area contributed by atoms with Crippen LogP contribution < -0.4 is 21.5 Å². The largest absolute Gasteiger partial charge is 0.396 e. The van der Waals surface area contributed by atoms with E-state index in [1.807, 2.05) is 20.8 Å². The first-order chi connectivity index (χ1) is 16.7. The van der Waals surface area contributed by atoms with Crippen LogP contribution in [-0.4, -0.2) is 60.3 Å². The first-order valence-corrected chi connectivity index (χ1v) is 11.0. The topological polar surface area (TPSA) is 151 Å². The van der Waals surface area contributed by atoms with E-state index in [0.717, 1.165) is 5.69 Å². The summed E-state index contributed by atoms with van der Waals surface area (Å²) in [5.41, 5.74) is 1.47. The van der Waals surface area contributed by atoms with Crippen molar-refractivity contribution < 1.29 is 9.90 Å². The Balaban J connectivity index is 1.68. The smallest absolute Gasteiger partial charge is 0.280 e. The lowest BCUT2D eigenvalue weighted by molar-refractivity contribution is 0.0904. The molecule has 0 radical (unpaired) electrons. The molecular formula is C23H27N9O3. The minimum atomic E-state index is -0.471. The van der Waals surface area contributed by atoms with E-state index in [-0.39, 0.29) is 36.0 Å². The number of anilines is 3. The number of aromatic nitrogens is 6. The average Bonchev–Trinajstić information content (AvgIpc) is 3.28. The van der Waals surface area contributed by atoms with E-state index in [1.54, 1.807) is 37.6 Å². The molecule has 1 amide bonds. The summed E-state index contributed by atoms with van der Waals surface area (Å²) >= 11 is 0. The van der Waals surface area contributed by atoms with Crippen LogP contribution in [0, 0.1) is 12.3 Å². The van der Waals surface area contributed by atoms with Crippen molar-refractivity contribution in [1.82, 2.24) is 34.4 Å². The standard InChI is InChI=1S/C23H27N9O3/c1-14-9-26-19(11-25-14)31-7-5-6-15(22(31)35)29-18-8-16(24-4)20-27-10-17(32(20)30-18)21(34)28-12-23(2,3)13-33/h5-11,24,33H,12-13H2,1-4H3,(H,28,34)(H,29,30). The van der Waals surface area contributed by atoms with Crippen LogP contribution in [0.3, 0.4) is 0 Å². The summed E-state index contributed by atoms with van der Waals surface area (Å²) in [6.45, 7) is 5.71. The van der Waals surface area contributed by atoms with Crippen molar-refractivity contribution in [3.05, 3.63) is 64.7 Å². The van der Waals surface area contributed by atoms with Gasteiger partial charge in [-0.25, -0.2) is 14.5 Å². The molecule has 4 N–H and O–H groups in total. The normalized spacial score (nSPS) is 11.5. The van der Waals surface area contributed by atoms with Gasteiger partial charge in [0.25, 0.3) is 11.5 Å². The van der Waals surface area contributed by atoms with Crippen molar-refractivity contribution in [2.24, 2.45) is 5.41 Å². The van der Waals surface area contributed by atoms with Gasteiger partial charge in [-0.2, -0.15) is 0 Å². The second-order valence-corrected chi connectivity index (χ2v) is 8.82. The van der Waals surface area contributed by atoms with Gasteiger partial charge in [0.2, 0.25) is 0 Å². The maximum absolute atomic E-state index is 13.1. The van der Waals surface area contributed by atoms with Gasteiger partial charge in [0.15, 0.2) is 23.0 Å². The third kappa shape index (κ3) is 4.96. The third-order valence-corrected chi connectivity index (χ3v) is 5.35. The van der Waals surface area contributed by atoms with Gasteiger partial charge >= 0.3 is 0 Å². The molecule has 4 aromatic rings. The number of nitrogens with one attached hydrogen (secondary N) is 3. The van der Waals surface area contributed by atoms with Crippen LogP contribution >= 0.6 is 0 Å². The first-order valence-electron chi connectivity index (χ1n) is 11.0. The number of aryl methyl sites for hydroxylation is 1. The molecule has 0 bridgehead atoms. The Kier molecular flexibility index (Phi) is 6.47. The Labute approximate surface area is 201 Å². The predicted octanol–water partition coefficient (Wildman–Crippen LogP) is 1.51. The molecular weight excluding hydrogens is 450 g/mol. The SMILES string of the molecule is CNc1cc(Nc2cccn(-c3cnc(C)cn3)c2=O)nn2c(C(=O)NCC(C)(C)CO)cnc12. The Bertz CT molecular complexity index is 1420. The number of aliphatic hydroxyl groups excluding tert-OH is 1. The lowest BCUT2D eigenvalue weighted by Gasteiger charge is -2.21. The molecule has 35 heavy (non-hydrogen) atoms. The fourth-order valence-electron chi connectivity index (χ4n) is 3.25. The Morgan fingerprint density at radius 3 is 2.63 bits per heavy atom. The van der Waals surface area contributed by atoms with Crippen molar-refractivity contribution in [3.8, 4) is 5.82 Å². The highest BCUT2D eigenvalue weighted by molar-refractivity contribution is 5.94. The van der Waals surface area contributed by atoms with Crippen LogP contribution in [0.15, 0.2) is 47.8 Å². The molecule has 12 nitrogen and oxygen atoms in total. The predicted molar refractivity (Wildman–Crippen MR) is 131 cm³/mol. The molecule has 4 rings (SSSR count). The molecule has 0 aliphatic rings. The van der Waals surface area contributed by atoms with Gasteiger partial charge in [-0.05, 0) is 19.1 Å². The first kappa shape index (κ1) is 23.8. The molecule has 4 heterocycles. The maximum Gasteiger partial charge on any atom is 0.280 e. The molecule has 0 fully saturated rings. The van der Waals surface area contributed by atoms with Gasteiger partial charge in [0.1, 0.15) is 5.69 Å². The van der Waals surface area contributed by atoms with E-state index >= 15 is 0 Å². The van der Waals surface area contributed by atoms with Gasteiger partial charge in [0.05, 0.1) is 30.0 Å². The molecule has 0 atom stereocenters. The quantitative estimate of drug-likeness (QED) is 0.296. The molecule has 12 heteroatoms. The number of fused-ring (bicyclic) bond motifs is 1. The fraction of sp³-hybridized carbons (Fsp3) is 0.304. The molecule has 4 aromatic heterocycles. The van der Waals surface area contributed by atoms with Gasteiger partial charge in [-0.3, -0.25) is 19.1 Å². The highest BCUT2D eigenvalue weighted by Gasteiger charge is 2.21. The minimum Gasteiger partial charge on any atom is -0.396 e. The molecule has 0 aliphatic heterocycles. The van der Waals surface area contributed by atoms with Crippen LogP contribution in [0.1, 0.15) is 30.0 Å². The van der Waals surface area contributed by atoms with Gasteiger partial charge in [-0.1, -0.05) is 13.8 Å². The summed E-state index contributed by atoms with van der Waals surface area (Å²) < 4.78 is 2.79. The van der Waals surface area contributed by atoms with E-state index in [4.69, 9.17) is 0 Å². The summed E-state index contributed by atoms with van der Waals surface area (Å²) in [4.78, 5) is 38.7. The monoisotopic (exact) mass is 477 g/mol. The lowest BCUT2D eigenvalue weighted by Crippen LogP contribution is -2.36. The lowest BCUT2D eigenvalue weighted by atomic mass is 9.95. The van der Waals surface area contributed by atoms with Crippen molar-refractivity contribution in [1.29, 1.82) is 0 Å². The number of pyridine rings is 1. The zero-order valence-electron chi connectivity index (χ0n) is 19.9. The molecule has 182 valence electrons. The molecule has 0 unspecified atom stereocenters. The number of rotatable bonds is 8. The highest BCUT2D eigenvalue weighted by atomic mass is 16.3. The fourth-order valence-corrected chi connectivity index (χ4v) is 3.25. The second kappa shape index (κ2) is 9.50. The van der Waals surface area contributed by atoms with E-state index in [0.29, 0.717) is 23.0 Å². The summed E-state index contributed by atoms with van der Waals surface area (Å²) in [6.07, 6.45) is 6.15. The number of nitrogens with zero attached hydrogens (tertiary/aromatic N) is 6.